The summed E-state index contributed by atoms with van der Waals surface area (Å²) in [4.78, 5) is 29.6. The summed E-state index contributed by atoms with van der Waals surface area (Å²) in [6.45, 7) is 7.15. The fraction of sp³-hybridized carbons (Fsp3) is 0.857. The van der Waals surface area contributed by atoms with Crippen LogP contribution in [0.3, 0.4) is 0 Å². The molecule has 0 spiro atoms. The summed E-state index contributed by atoms with van der Waals surface area (Å²) >= 11 is 0. The number of nitrogens with zero attached hydrogens (tertiary/aromatic N) is 4. The van der Waals surface area contributed by atoms with Crippen molar-refractivity contribution in [3.05, 3.63) is 0 Å². The summed E-state index contributed by atoms with van der Waals surface area (Å²) in [5.74, 6) is 1.82. The van der Waals surface area contributed by atoms with Crippen molar-refractivity contribution in [1.82, 2.24) is 20.2 Å². The fourth-order valence-corrected chi connectivity index (χ4v) is 5.78. The van der Waals surface area contributed by atoms with Crippen LogP contribution >= 0.6 is 0 Å². The Labute approximate surface area is 168 Å². The van der Waals surface area contributed by atoms with Crippen molar-refractivity contribution in [2.24, 2.45) is 17.8 Å². The van der Waals surface area contributed by atoms with Crippen molar-refractivity contribution >= 4 is 11.8 Å². The van der Waals surface area contributed by atoms with Gasteiger partial charge in [0, 0.05) is 51.5 Å². The van der Waals surface area contributed by atoms with Gasteiger partial charge in [-0.05, 0) is 50.9 Å². The number of amides is 2. The molecule has 0 aromatic heterocycles. The minimum absolute atomic E-state index is 0.104. The first-order valence-corrected chi connectivity index (χ1v) is 10.9. The van der Waals surface area contributed by atoms with Crippen LogP contribution in [0.5, 0.6) is 0 Å². The SMILES string of the molecule is CC(=O)N1C2CCC(C3CNN(CCC#N)C3)CC2N(C(=O)C2CC2)C[C@@H]1C. The van der Waals surface area contributed by atoms with Gasteiger partial charge in [-0.2, -0.15) is 5.26 Å². The lowest BCUT2D eigenvalue weighted by molar-refractivity contribution is -0.155. The van der Waals surface area contributed by atoms with Crippen LogP contribution in [-0.4, -0.2) is 70.9 Å². The van der Waals surface area contributed by atoms with Crippen LogP contribution in [0.1, 0.15) is 52.4 Å². The molecule has 5 atom stereocenters. The van der Waals surface area contributed by atoms with Crippen LogP contribution in [-0.2, 0) is 9.59 Å². The van der Waals surface area contributed by atoms with E-state index in [1.54, 1.807) is 6.92 Å². The van der Waals surface area contributed by atoms with Crippen LogP contribution in [0.25, 0.3) is 0 Å². The van der Waals surface area contributed by atoms with Crippen LogP contribution in [0.4, 0.5) is 0 Å². The molecule has 2 amide bonds. The number of hydrogen-bond acceptors (Lipinski definition) is 5. The molecule has 1 N–H and O–H groups in total. The lowest BCUT2D eigenvalue weighted by Gasteiger charge is -2.54. The van der Waals surface area contributed by atoms with Gasteiger partial charge in [-0.1, -0.05) is 0 Å². The Balaban J connectivity index is 1.47. The molecule has 7 nitrogen and oxygen atoms in total. The molecule has 2 aliphatic heterocycles. The molecular formula is C21H33N5O2. The lowest BCUT2D eigenvalue weighted by Crippen LogP contribution is -2.67. The normalized spacial score (nSPS) is 36.1. The third-order valence-electron chi connectivity index (χ3n) is 7.28. The third-order valence-corrected chi connectivity index (χ3v) is 7.28. The zero-order chi connectivity index (χ0) is 19.8. The van der Waals surface area contributed by atoms with E-state index in [-0.39, 0.29) is 30.0 Å². The van der Waals surface area contributed by atoms with E-state index < -0.39 is 0 Å². The number of rotatable bonds is 4. The highest BCUT2D eigenvalue weighted by molar-refractivity contribution is 5.82. The Bertz CT molecular complexity index is 658. The van der Waals surface area contributed by atoms with Crippen LogP contribution in [0.2, 0.25) is 0 Å². The molecule has 28 heavy (non-hydrogen) atoms. The van der Waals surface area contributed by atoms with Gasteiger partial charge in [0.25, 0.3) is 0 Å². The zero-order valence-electron chi connectivity index (χ0n) is 17.1. The van der Waals surface area contributed by atoms with Crippen molar-refractivity contribution in [3.63, 3.8) is 0 Å². The van der Waals surface area contributed by atoms with Crippen molar-refractivity contribution < 1.29 is 9.59 Å². The maximum Gasteiger partial charge on any atom is 0.226 e. The van der Waals surface area contributed by atoms with E-state index in [1.165, 1.54) is 0 Å². The maximum absolute atomic E-state index is 13.0. The average Bonchev–Trinajstić information content (AvgIpc) is 3.42. The number of hydrogen-bond donors (Lipinski definition) is 1. The van der Waals surface area contributed by atoms with Gasteiger partial charge in [-0.25, -0.2) is 5.01 Å². The van der Waals surface area contributed by atoms with Crippen LogP contribution in [0.15, 0.2) is 0 Å². The lowest BCUT2D eigenvalue weighted by atomic mass is 9.73. The topological polar surface area (TPSA) is 79.7 Å². The van der Waals surface area contributed by atoms with Gasteiger partial charge in [0.1, 0.15) is 0 Å². The monoisotopic (exact) mass is 387 g/mol. The molecule has 0 aromatic rings. The van der Waals surface area contributed by atoms with Crippen molar-refractivity contribution in [2.45, 2.75) is 70.5 Å². The molecule has 2 aliphatic carbocycles. The van der Waals surface area contributed by atoms with E-state index in [2.05, 4.69) is 33.2 Å². The van der Waals surface area contributed by atoms with E-state index in [9.17, 15) is 9.59 Å². The van der Waals surface area contributed by atoms with E-state index in [1.807, 2.05) is 0 Å². The molecule has 4 rings (SSSR count). The Kier molecular flexibility index (Phi) is 5.62. The number of fused-ring (bicyclic) bond motifs is 1. The molecule has 2 saturated carbocycles. The molecular weight excluding hydrogens is 354 g/mol. The van der Waals surface area contributed by atoms with Gasteiger partial charge in [0.2, 0.25) is 11.8 Å². The Morgan fingerprint density at radius 1 is 1.11 bits per heavy atom. The molecule has 4 aliphatic rings. The summed E-state index contributed by atoms with van der Waals surface area (Å²) in [5.41, 5.74) is 3.44. The van der Waals surface area contributed by atoms with Crippen molar-refractivity contribution in [2.75, 3.05) is 26.2 Å². The largest absolute Gasteiger partial charge is 0.335 e. The fourth-order valence-electron chi connectivity index (χ4n) is 5.78. The molecule has 2 saturated heterocycles. The predicted molar refractivity (Wildman–Crippen MR) is 105 cm³/mol. The zero-order valence-corrected chi connectivity index (χ0v) is 17.1. The molecule has 0 bridgehead atoms. The number of hydrazine groups is 1. The second-order valence-electron chi connectivity index (χ2n) is 9.22. The second-order valence-corrected chi connectivity index (χ2v) is 9.22. The third kappa shape index (κ3) is 3.77. The molecule has 2 heterocycles. The van der Waals surface area contributed by atoms with Crippen LogP contribution < -0.4 is 5.43 Å². The van der Waals surface area contributed by atoms with Gasteiger partial charge in [-0.15, -0.1) is 0 Å². The highest BCUT2D eigenvalue weighted by atomic mass is 16.2. The maximum atomic E-state index is 13.0. The first-order valence-electron chi connectivity index (χ1n) is 10.9. The predicted octanol–water partition coefficient (Wildman–Crippen LogP) is 1.36. The molecule has 0 radical (unpaired) electrons. The first-order chi connectivity index (χ1) is 13.5. The van der Waals surface area contributed by atoms with Gasteiger partial charge >= 0.3 is 0 Å². The van der Waals surface area contributed by atoms with Gasteiger partial charge < -0.3 is 9.80 Å². The summed E-state index contributed by atoms with van der Waals surface area (Å²) in [6, 6.07) is 2.66. The summed E-state index contributed by atoms with van der Waals surface area (Å²) in [5, 5.41) is 11.0. The molecule has 7 heteroatoms. The summed E-state index contributed by atoms with van der Waals surface area (Å²) < 4.78 is 0. The Morgan fingerprint density at radius 3 is 2.57 bits per heavy atom. The summed E-state index contributed by atoms with van der Waals surface area (Å²) in [6.07, 6.45) is 5.70. The highest BCUT2D eigenvalue weighted by Gasteiger charge is 2.49. The number of piperazine rings is 1. The van der Waals surface area contributed by atoms with E-state index in [0.29, 0.717) is 30.7 Å². The minimum Gasteiger partial charge on any atom is -0.335 e. The molecule has 4 fully saturated rings. The standard InChI is InChI=1S/C21H33N5O2/c1-14-12-25(21(28)16-4-5-16)20-10-17(6-7-19(20)26(14)15(2)27)18-11-23-24(13-18)9-3-8-22/h14,16-20,23H,3-7,9-13H2,1-2H3/t14-,17?,18?,19?,20?/m0/s1. The van der Waals surface area contributed by atoms with Gasteiger partial charge in [0.15, 0.2) is 0 Å². The molecule has 0 aromatic carbocycles. The Morgan fingerprint density at radius 2 is 1.89 bits per heavy atom. The number of carbonyl (C=O) groups excluding carboxylic acids is 2. The quantitative estimate of drug-likeness (QED) is 0.788. The minimum atomic E-state index is 0.104. The van der Waals surface area contributed by atoms with Gasteiger partial charge in [-0.3, -0.25) is 15.0 Å². The highest BCUT2D eigenvalue weighted by Crippen LogP contribution is 2.41. The average molecular weight is 388 g/mol. The molecule has 154 valence electrons. The van der Waals surface area contributed by atoms with E-state index >= 15 is 0 Å². The number of nitrogens with one attached hydrogen (secondary N) is 1. The molecule has 4 unspecified atom stereocenters. The first kappa shape index (κ1) is 19.7. The smallest absolute Gasteiger partial charge is 0.226 e. The Hall–Kier alpha value is -1.65. The summed E-state index contributed by atoms with van der Waals surface area (Å²) in [7, 11) is 0. The second kappa shape index (κ2) is 8.00. The van der Waals surface area contributed by atoms with Crippen molar-refractivity contribution in [1.29, 1.82) is 5.26 Å². The van der Waals surface area contributed by atoms with E-state index in [0.717, 1.165) is 51.7 Å². The number of nitriles is 1. The number of carbonyl (C=O) groups is 2. The van der Waals surface area contributed by atoms with Crippen LogP contribution in [0, 0.1) is 29.1 Å². The van der Waals surface area contributed by atoms with E-state index in [4.69, 9.17) is 5.26 Å². The van der Waals surface area contributed by atoms with Gasteiger partial charge in [0.05, 0.1) is 18.2 Å². The van der Waals surface area contributed by atoms with Crippen molar-refractivity contribution in [3.8, 4) is 6.07 Å².